The zero-order valence-electron chi connectivity index (χ0n) is 14.0. The highest BCUT2D eigenvalue weighted by Gasteiger charge is 2.20. The lowest BCUT2D eigenvalue weighted by atomic mass is 10.1. The molecule has 2 rings (SSSR count). The van der Waals surface area contributed by atoms with Crippen molar-refractivity contribution in [2.45, 2.75) is 26.9 Å². The predicted molar refractivity (Wildman–Crippen MR) is 90.0 cm³/mol. The first-order valence-corrected chi connectivity index (χ1v) is 7.68. The van der Waals surface area contributed by atoms with Crippen LogP contribution in [-0.4, -0.2) is 18.3 Å². The largest absolute Gasteiger partial charge is 0.489 e. The Balaban J connectivity index is 2.24. The number of aryl methyl sites for hydroxylation is 2. The summed E-state index contributed by atoms with van der Waals surface area (Å²) in [5, 5.41) is 12.4. The molecular weight excluding hydrogens is 311 g/mol. The number of ether oxygens (including phenoxy) is 1. The molecule has 0 fully saturated rings. The van der Waals surface area contributed by atoms with Crippen LogP contribution in [0.4, 0.5) is 14.9 Å². The fourth-order valence-electron chi connectivity index (χ4n) is 2.37. The number of hydrogen-bond donors (Lipinski definition) is 2. The Bertz CT molecular complexity index is 734. The van der Waals surface area contributed by atoms with E-state index >= 15 is 0 Å². The highest BCUT2D eigenvalue weighted by molar-refractivity contribution is 5.90. The Morgan fingerprint density at radius 2 is 2.08 bits per heavy atom. The molecule has 0 aliphatic carbocycles. The average molecular weight is 332 g/mol. The van der Waals surface area contributed by atoms with Crippen molar-refractivity contribution in [3.63, 3.8) is 0 Å². The number of hydrogen-bond acceptors (Lipinski definition) is 3. The van der Waals surface area contributed by atoms with Gasteiger partial charge in [0.05, 0.1) is 0 Å². The topological polar surface area (TPSA) is 61.8 Å². The first-order valence-electron chi connectivity index (χ1n) is 7.68. The van der Waals surface area contributed by atoms with Gasteiger partial charge in [-0.3, -0.25) is 5.21 Å². The molecule has 0 heterocycles. The second kappa shape index (κ2) is 7.79. The minimum Gasteiger partial charge on any atom is -0.489 e. The molecule has 0 saturated heterocycles. The molecule has 6 heteroatoms. The summed E-state index contributed by atoms with van der Waals surface area (Å²) in [4.78, 5) is 11.6. The number of benzene rings is 2. The van der Waals surface area contributed by atoms with E-state index in [-0.39, 0.29) is 17.4 Å². The first kappa shape index (κ1) is 17.7. The number of para-hydroxylation sites is 1. The summed E-state index contributed by atoms with van der Waals surface area (Å²) in [6.07, 6.45) is 0.931. The number of rotatable bonds is 5. The fraction of sp³-hybridized carbons (Fsp3) is 0.278. The van der Waals surface area contributed by atoms with Crippen molar-refractivity contribution >= 4 is 11.7 Å². The van der Waals surface area contributed by atoms with E-state index < -0.39 is 11.8 Å². The van der Waals surface area contributed by atoms with E-state index in [1.165, 1.54) is 24.7 Å². The van der Waals surface area contributed by atoms with Crippen molar-refractivity contribution in [1.82, 2.24) is 5.32 Å². The number of amides is 2. The molecule has 0 aromatic heterocycles. The molecule has 2 aromatic rings. The molecule has 2 aromatic carbocycles. The molecule has 0 atom stereocenters. The summed E-state index contributed by atoms with van der Waals surface area (Å²) < 4.78 is 19.8. The lowest BCUT2D eigenvalue weighted by Crippen LogP contribution is -2.36. The molecule has 2 N–H and O–H groups in total. The third-order valence-corrected chi connectivity index (χ3v) is 3.72. The van der Waals surface area contributed by atoms with Crippen molar-refractivity contribution in [2.75, 3.05) is 12.1 Å². The van der Waals surface area contributed by atoms with Crippen LogP contribution >= 0.6 is 0 Å². The minimum atomic E-state index is -0.829. The zero-order valence-corrected chi connectivity index (χ0v) is 14.0. The highest BCUT2D eigenvalue weighted by Crippen LogP contribution is 2.26. The van der Waals surface area contributed by atoms with Crippen LogP contribution in [0.15, 0.2) is 36.4 Å². The summed E-state index contributed by atoms with van der Waals surface area (Å²) in [5.41, 5.74) is 2.31. The number of anilines is 1. The van der Waals surface area contributed by atoms with Crippen LogP contribution in [0.25, 0.3) is 0 Å². The number of carbonyl (C=O) groups is 1. The maximum Gasteiger partial charge on any atom is 0.345 e. The SMILES string of the molecule is CCc1ccc(OCc2cccc(F)c2N(O)C(=O)NC)c(C)c1. The van der Waals surface area contributed by atoms with Gasteiger partial charge in [-0.15, -0.1) is 0 Å². The van der Waals surface area contributed by atoms with E-state index in [0.717, 1.165) is 12.0 Å². The van der Waals surface area contributed by atoms with E-state index in [2.05, 4.69) is 12.2 Å². The van der Waals surface area contributed by atoms with Gasteiger partial charge in [0.25, 0.3) is 0 Å². The quantitative estimate of drug-likeness (QED) is 0.646. The Hall–Kier alpha value is -2.60. The van der Waals surface area contributed by atoms with Crippen LogP contribution < -0.4 is 15.1 Å². The standard InChI is InChI=1S/C18H21FN2O3/c1-4-13-8-9-16(12(2)10-13)24-11-14-6-5-7-15(19)17(14)21(23)18(22)20-3/h5-10,23H,4,11H2,1-3H3,(H,20,22). The summed E-state index contributed by atoms with van der Waals surface area (Å²) in [7, 11) is 1.35. The van der Waals surface area contributed by atoms with E-state index in [1.54, 1.807) is 6.07 Å². The van der Waals surface area contributed by atoms with Crippen LogP contribution in [0.2, 0.25) is 0 Å². The Kier molecular flexibility index (Phi) is 5.76. The number of halogens is 1. The molecule has 0 radical (unpaired) electrons. The van der Waals surface area contributed by atoms with Gasteiger partial charge in [0.2, 0.25) is 0 Å². The van der Waals surface area contributed by atoms with E-state index in [4.69, 9.17) is 4.74 Å². The normalized spacial score (nSPS) is 10.4. The Labute approximate surface area is 140 Å². The maximum absolute atomic E-state index is 14.1. The van der Waals surface area contributed by atoms with Crippen LogP contribution in [0, 0.1) is 12.7 Å². The molecular formula is C18H21FN2O3. The van der Waals surface area contributed by atoms with E-state index in [9.17, 15) is 14.4 Å². The van der Waals surface area contributed by atoms with Gasteiger partial charge in [0, 0.05) is 12.6 Å². The fourth-order valence-corrected chi connectivity index (χ4v) is 2.37. The van der Waals surface area contributed by atoms with Gasteiger partial charge in [-0.2, -0.15) is 5.06 Å². The van der Waals surface area contributed by atoms with Crippen LogP contribution in [0.1, 0.15) is 23.6 Å². The average Bonchev–Trinajstić information content (AvgIpc) is 2.59. The van der Waals surface area contributed by atoms with Crippen molar-refractivity contribution in [2.24, 2.45) is 0 Å². The van der Waals surface area contributed by atoms with Crippen molar-refractivity contribution in [1.29, 1.82) is 0 Å². The lowest BCUT2D eigenvalue weighted by molar-refractivity contribution is 0.204. The monoisotopic (exact) mass is 332 g/mol. The maximum atomic E-state index is 14.1. The van der Waals surface area contributed by atoms with Gasteiger partial charge < -0.3 is 10.1 Å². The lowest BCUT2D eigenvalue weighted by Gasteiger charge is -2.19. The second-order valence-corrected chi connectivity index (χ2v) is 5.36. The number of nitrogens with zero attached hydrogens (tertiary/aromatic N) is 1. The van der Waals surface area contributed by atoms with Gasteiger partial charge in [-0.1, -0.05) is 31.2 Å². The molecule has 2 amide bonds. The summed E-state index contributed by atoms with van der Waals surface area (Å²) in [6.45, 7) is 4.03. The van der Waals surface area contributed by atoms with Crippen molar-refractivity contribution < 1.29 is 19.1 Å². The van der Waals surface area contributed by atoms with Crippen molar-refractivity contribution in [3.8, 4) is 5.75 Å². The number of hydroxylamine groups is 1. The molecule has 128 valence electrons. The predicted octanol–water partition coefficient (Wildman–Crippen LogP) is 3.81. The minimum absolute atomic E-state index is 0.0213. The van der Waals surface area contributed by atoms with E-state index in [1.807, 2.05) is 25.1 Å². The van der Waals surface area contributed by atoms with Gasteiger partial charge in [0.1, 0.15) is 23.9 Å². The Morgan fingerprint density at radius 3 is 2.71 bits per heavy atom. The van der Waals surface area contributed by atoms with Crippen LogP contribution in [0.5, 0.6) is 5.75 Å². The number of urea groups is 1. The summed E-state index contributed by atoms with van der Waals surface area (Å²) in [5.74, 6) is -0.0351. The highest BCUT2D eigenvalue weighted by atomic mass is 19.1. The molecule has 0 aliphatic rings. The third-order valence-electron chi connectivity index (χ3n) is 3.72. The molecule has 0 unspecified atom stereocenters. The van der Waals surface area contributed by atoms with Gasteiger partial charge in [-0.25, -0.2) is 9.18 Å². The number of nitrogens with one attached hydrogen (secondary N) is 1. The van der Waals surface area contributed by atoms with Crippen LogP contribution in [-0.2, 0) is 13.0 Å². The van der Waals surface area contributed by atoms with Crippen molar-refractivity contribution in [3.05, 3.63) is 58.9 Å². The molecule has 0 bridgehead atoms. The smallest absolute Gasteiger partial charge is 0.345 e. The van der Waals surface area contributed by atoms with Gasteiger partial charge >= 0.3 is 6.03 Å². The second-order valence-electron chi connectivity index (χ2n) is 5.36. The van der Waals surface area contributed by atoms with Gasteiger partial charge in [0.15, 0.2) is 0 Å². The third kappa shape index (κ3) is 3.83. The molecule has 5 nitrogen and oxygen atoms in total. The zero-order chi connectivity index (χ0) is 17.7. The van der Waals surface area contributed by atoms with E-state index in [0.29, 0.717) is 11.3 Å². The molecule has 0 spiro atoms. The first-order chi connectivity index (χ1) is 11.5. The molecule has 24 heavy (non-hydrogen) atoms. The molecule has 0 saturated carbocycles. The summed E-state index contributed by atoms with van der Waals surface area (Å²) in [6, 6.07) is 9.31. The Morgan fingerprint density at radius 1 is 1.33 bits per heavy atom. The van der Waals surface area contributed by atoms with Crippen LogP contribution in [0.3, 0.4) is 0 Å². The van der Waals surface area contributed by atoms with Gasteiger partial charge in [-0.05, 0) is 36.6 Å². The summed E-state index contributed by atoms with van der Waals surface area (Å²) >= 11 is 0. The molecule has 0 aliphatic heterocycles. The number of carbonyl (C=O) groups excluding carboxylic acids is 1.